The van der Waals surface area contributed by atoms with Crippen LogP contribution in [-0.2, 0) is 9.53 Å². The molecule has 0 aromatic rings. The van der Waals surface area contributed by atoms with Crippen LogP contribution in [0.3, 0.4) is 0 Å². The molecule has 0 atom stereocenters. The second kappa shape index (κ2) is 6.71. The fraction of sp³-hybridized carbons (Fsp3) is 0.933. The highest BCUT2D eigenvalue weighted by atomic mass is 16.5. The summed E-state index contributed by atoms with van der Waals surface area (Å²) in [4.78, 5) is 15.0. The molecule has 2 aliphatic rings. The van der Waals surface area contributed by atoms with Gasteiger partial charge in [-0.15, -0.1) is 0 Å². The largest absolute Gasteiger partial charge is 0.384 e. The smallest absolute Gasteiger partial charge is 0.231 e. The van der Waals surface area contributed by atoms with E-state index in [2.05, 4.69) is 17.1 Å². The number of hydrogen-bond acceptors (Lipinski definition) is 3. The lowest BCUT2D eigenvalue weighted by atomic mass is 9.77. The van der Waals surface area contributed by atoms with Gasteiger partial charge < -0.3 is 15.0 Å². The zero-order valence-corrected chi connectivity index (χ0v) is 12.4. The molecule has 0 saturated carbocycles. The van der Waals surface area contributed by atoms with E-state index in [4.69, 9.17) is 4.74 Å². The van der Waals surface area contributed by atoms with Crippen molar-refractivity contribution in [3.63, 3.8) is 0 Å². The summed E-state index contributed by atoms with van der Waals surface area (Å²) in [6.45, 7) is 6.57. The van der Waals surface area contributed by atoms with E-state index in [-0.39, 0.29) is 5.41 Å². The minimum atomic E-state index is -0.265. The number of nitrogens with zero attached hydrogens (tertiary/aromatic N) is 1. The molecule has 1 amide bonds. The van der Waals surface area contributed by atoms with E-state index in [0.29, 0.717) is 12.5 Å². The second-order valence-electron chi connectivity index (χ2n) is 6.11. The number of methoxy groups -OCH3 is 1. The molecule has 0 aromatic heterocycles. The van der Waals surface area contributed by atoms with Gasteiger partial charge in [-0.3, -0.25) is 4.79 Å². The summed E-state index contributed by atoms with van der Waals surface area (Å²) in [5.41, 5.74) is -0.265. The Labute approximate surface area is 116 Å². The quantitative estimate of drug-likeness (QED) is 0.843. The fourth-order valence-electron chi connectivity index (χ4n) is 3.48. The van der Waals surface area contributed by atoms with Gasteiger partial charge in [0.25, 0.3) is 0 Å². The molecule has 2 aliphatic heterocycles. The molecule has 2 saturated heterocycles. The lowest BCUT2D eigenvalue weighted by molar-refractivity contribution is -0.149. The van der Waals surface area contributed by atoms with Crippen LogP contribution < -0.4 is 5.32 Å². The lowest BCUT2D eigenvalue weighted by Crippen LogP contribution is -2.53. The van der Waals surface area contributed by atoms with E-state index < -0.39 is 0 Å². The SMILES string of the molecule is CCC1CCN(C(=O)C2(COC)CCNCC2)CC1. The molecule has 4 heteroatoms. The van der Waals surface area contributed by atoms with E-state index >= 15 is 0 Å². The number of ether oxygens (including phenoxy) is 1. The molecule has 110 valence electrons. The van der Waals surface area contributed by atoms with Crippen LogP contribution in [0.15, 0.2) is 0 Å². The Morgan fingerprint density at radius 2 is 1.95 bits per heavy atom. The van der Waals surface area contributed by atoms with Crippen LogP contribution in [0, 0.1) is 11.3 Å². The normalized spacial score (nSPS) is 24.4. The fourth-order valence-corrected chi connectivity index (χ4v) is 3.48. The van der Waals surface area contributed by atoms with Crippen LogP contribution in [0.25, 0.3) is 0 Å². The van der Waals surface area contributed by atoms with Crippen molar-refractivity contribution >= 4 is 5.91 Å². The zero-order chi connectivity index (χ0) is 13.7. The Kier molecular flexibility index (Phi) is 5.22. The third-order valence-corrected chi connectivity index (χ3v) is 4.91. The molecule has 19 heavy (non-hydrogen) atoms. The monoisotopic (exact) mass is 268 g/mol. The van der Waals surface area contributed by atoms with Crippen LogP contribution in [0.4, 0.5) is 0 Å². The Morgan fingerprint density at radius 1 is 1.32 bits per heavy atom. The Hall–Kier alpha value is -0.610. The topological polar surface area (TPSA) is 41.6 Å². The van der Waals surface area contributed by atoms with Crippen molar-refractivity contribution in [3.8, 4) is 0 Å². The maximum absolute atomic E-state index is 12.9. The van der Waals surface area contributed by atoms with Gasteiger partial charge in [-0.25, -0.2) is 0 Å². The van der Waals surface area contributed by atoms with Gasteiger partial charge in [0.15, 0.2) is 0 Å². The molecule has 0 unspecified atom stereocenters. The molecule has 2 heterocycles. The molecule has 4 nitrogen and oxygen atoms in total. The summed E-state index contributed by atoms with van der Waals surface area (Å²) >= 11 is 0. The van der Waals surface area contributed by atoms with Crippen molar-refractivity contribution in [2.24, 2.45) is 11.3 Å². The molecule has 2 fully saturated rings. The number of nitrogens with one attached hydrogen (secondary N) is 1. The van der Waals surface area contributed by atoms with E-state index in [9.17, 15) is 4.79 Å². The number of amides is 1. The van der Waals surface area contributed by atoms with Crippen molar-refractivity contribution in [2.45, 2.75) is 39.0 Å². The standard InChI is InChI=1S/C15H28N2O2/c1-3-13-4-10-17(11-5-13)14(18)15(12-19-2)6-8-16-9-7-15/h13,16H,3-12H2,1-2H3. The third-order valence-electron chi connectivity index (χ3n) is 4.91. The summed E-state index contributed by atoms with van der Waals surface area (Å²) < 4.78 is 5.36. The van der Waals surface area contributed by atoms with Crippen LogP contribution in [0.2, 0.25) is 0 Å². The first-order chi connectivity index (χ1) is 9.22. The molecular weight excluding hydrogens is 240 g/mol. The van der Waals surface area contributed by atoms with Crippen molar-refractivity contribution in [1.29, 1.82) is 0 Å². The van der Waals surface area contributed by atoms with Crippen LogP contribution >= 0.6 is 0 Å². The van der Waals surface area contributed by atoms with Crippen molar-refractivity contribution in [3.05, 3.63) is 0 Å². The van der Waals surface area contributed by atoms with E-state index in [1.165, 1.54) is 19.3 Å². The Morgan fingerprint density at radius 3 is 2.47 bits per heavy atom. The predicted octanol–water partition coefficient (Wildman–Crippen LogP) is 1.65. The molecule has 0 aromatic carbocycles. The van der Waals surface area contributed by atoms with Gasteiger partial charge in [-0.05, 0) is 44.7 Å². The highest BCUT2D eigenvalue weighted by molar-refractivity contribution is 5.83. The number of piperidine rings is 2. The lowest BCUT2D eigenvalue weighted by Gasteiger charge is -2.42. The molecule has 0 aliphatic carbocycles. The minimum Gasteiger partial charge on any atom is -0.384 e. The second-order valence-corrected chi connectivity index (χ2v) is 6.11. The molecule has 0 spiro atoms. The van der Waals surface area contributed by atoms with Gasteiger partial charge >= 0.3 is 0 Å². The molecule has 2 rings (SSSR count). The van der Waals surface area contributed by atoms with E-state index in [1.54, 1.807) is 7.11 Å². The first-order valence-electron chi connectivity index (χ1n) is 7.71. The number of carbonyl (C=O) groups is 1. The average molecular weight is 268 g/mol. The van der Waals surface area contributed by atoms with Crippen LogP contribution in [0.1, 0.15) is 39.0 Å². The number of likely N-dealkylation sites (tertiary alicyclic amines) is 1. The summed E-state index contributed by atoms with van der Waals surface area (Å²) in [5, 5.41) is 3.35. The Balaban J connectivity index is 1.99. The predicted molar refractivity (Wildman–Crippen MR) is 76.0 cm³/mol. The molecule has 1 N–H and O–H groups in total. The van der Waals surface area contributed by atoms with Crippen molar-refractivity contribution in [1.82, 2.24) is 10.2 Å². The van der Waals surface area contributed by atoms with Gasteiger partial charge in [0.1, 0.15) is 0 Å². The highest BCUT2D eigenvalue weighted by Gasteiger charge is 2.42. The van der Waals surface area contributed by atoms with Crippen molar-refractivity contribution in [2.75, 3.05) is 39.9 Å². The summed E-state index contributed by atoms with van der Waals surface area (Å²) in [6, 6.07) is 0. The summed E-state index contributed by atoms with van der Waals surface area (Å²) in [7, 11) is 1.71. The molecule has 0 bridgehead atoms. The highest BCUT2D eigenvalue weighted by Crippen LogP contribution is 2.33. The molecule has 0 radical (unpaired) electrons. The van der Waals surface area contributed by atoms with Crippen molar-refractivity contribution < 1.29 is 9.53 Å². The first-order valence-corrected chi connectivity index (χ1v) is 7.71. The average Bonchev–Trinajstić information content (AvgIpc) is 2.48. The number of carbonyl (C=O) groups excluding carboxylic acids is 1. The molecular formula is C15H28N2O2. The van der Waals surface area contributed by atoms with Crippen LogP contribution in [-0.4, -0.2) is 50.7 Å². The maximum atomic E-state index is 12.9. The third kappa shape index (κ3) is 3.29. The van der Waals surface area contributed by atoms with Crippen LogP contribution in [0.5, 0.6) is 0 Å². The van der Waals surface area contributed by atoms with Gasteiger partial charge in [0.2, 0.25) is 5.91 Å². The first kappa shape index (κ1) is 14.8. The zero-order valence-electron chi connectivity index (χ0n) is 12.4. The summed E-state index contributed by atoms with van der Waals surface area (Å²) in [6.07, 6.45) is 5.41. The minimum absolute atomic E-state index is 0.265. The van der Waals surface area contributed by atoms with E-state index in [1.807, 2.05) is 0 Å². The van der Waals surface area contributed by atoms with Gasteiger partial charge in [-0.2, -0.15) is 0 Å². The van der Waals surface area contributed by atoms with E-state index in [0.717, 1.165) is 44.9 Å². The Bertz CT molecular complexity index is 287. The van der Waals surface area contributed by atoms with Gasteiger partial charge in [0.05, 0.1) is 12.0 Å². The summed E-state index contributed by atoms with van der Waals surface area (Å²) in [5.74, 6) is 1.15. The number of hydrogen-bond donors (Lipinski definition) is 1. The van der Waals surface area contributed by atoms with Gasteiger partial charge in [0, 0.05) is 20.2 Å². The van der Waals surface area contributed by atoms with Gasteiger partial charge in [-0.1, -0.05) is 13.3 Å². The maximum Gasteiger partial charge on any atom is 0.231 e. The number of rotatable bonds is 4.